The smallest absolute Gasteiger partial charge is 0.322 e. The largest absolute Gasteiger partial charge is 0.365 e. The number of nitriles is 1. The minimum Gasteiger partial charge on any atom is -0.365 e. The van der Waals surface area contributed by atoms with Gasteiger partial charge in [-0.15, -0.1) is 0 Å². The predicted octanol–water partition coefficient (Wildman–Crippen LogP) is 2.09. The van der Waals surface area contributed by atoms with Crippen LogP contribution in [0.15, 0.2) is 24.5 Å². The summed E-state index contributed by atoms with van der Waals surface area (Å²) in [6, 6.07) is 4.24. The van der Waals surface area contributed by atoms with Crippen LogP contribution in [-0.4, -0.2) is 56.7 Å². The highest BCUT2D eigenvalue weighted by Crippen LogP contribution is 2.38. The van der Waals surface area contributed by atoms with Crippen LogP contribution in [0.3, 0.4) is 0 Å². The first kappa shape index (κ1) is 23.0. The second kappa shape index (κ2) is 8.45. The summed E-state index contributed by atoms with van der Waals surface area (Å²) in [7, 11) is 0. The molecule has 2 atom stereocenters. The topological polar surface area (TPSA) is 130 Å². The van der Waals surface area contributed by atoms with Gasteiger partial charge in [0.1, 0.15) is 17.3 Å². The van der Waals surface area contributed by atoms with Gasteiger partial charge in [-0.3, -0.25) is 14.3 Å². The summed E-state index contributed by atoms with van der Waals surface area (Å²) in [6.45, 7) is -0.504. The molecule has 2 aromatic heterocycles. The number of nitrogens with two attached hydrogens (primary N) is 1. The number of rotatable bonds is 6. The molecule has 3 N–H and O–H groups in total. The fourth-order valence-corrected chi connectivity index (χ4v) is 3.54. The molecule has 2 aromatic rings. The van der Waals surface area contributed by atoms with Crippen LogP contribution >= 0.6 is 0 Å². The first-order valence-corrected chi connectivity index (χ1v) is 9.44. The van der Waals surface area contributed by atoms with Crippen LogP contribution in [0.2, 0.25) is 0 Å². The molecule has 0 unspecified atom stereocenters. The molecule has 2 amide bonds. The number of amides is 2. The zero-order valence-corrected chi connectivity index (χ0v) is 16.9. The van der Waals surface area contributed by atoms with Gasteiger partial charge in [-0.2, -0.15) is 23.5 Å². The molecule has 9 nitrogen and oxygen atoms in total. The second-order valence-corrected chi connectivity index (χ2v) is 7.49. The lowest BCUT2D eigenvalue weighted by atomic mass is 9.83. The molecule has 1 saturated heterocycles. The molecule has 1 aliphatic heterocycles. The van der Waals surface area contributed by atoms with Crippen molar-refractivity contribution in [2.75, 3.05) is 18.4 Å². The van der Waals surface area contributed by atoms with E-state index in [1.807, 2.05) is 6.07 Å². The van der Waals surface area contributed by atoms with E-state index in [1.54, 1.807) is 0 Å². The zero-order chi connectivity index (χ0) is 23.7. The monoisotopic (exact) mass is 453 g/mol. The molecule has 0 aliphatic carbocycles. The number of piperidine rings is 1. The first-order chi connectivity index (χ1) is 15.0. The number of primary amides is 1. The number of carbonyl (C=O) groups is 2. The van der Waals surface area contributed by atoms with Gasteiger partial charge in [0.05, 0.1) is 30.9 Å². The summed E-state index contributed by atoms with van der Waals surface area (Å²) in [4.78, 5) is 27.9. The molecule has 1 fully saturated rings. The Hall–Kier alpha value is -3.69. The number of pyridine rings is 1. The van der Waals surface area contributed by atoms with Crippen LogP contribution in [0.4, 0.5) is 29.1 Å². The van der Waals surface area contributed by atoms with Crippen LogP contribution in [0.1, 0.15) is 30.1 Å². The van der Waals surface area contributed by atoms with Gasteiger partial charge < -0.3 is 16.0 Å². The van der Waals surface area contributed by atoms with E-state index in [0.717, 1.165) is 23.1 Å². The number of nitrogens with zero attached hydrogens (tertiary/aromatic N) is 5. The van der Waals surface area contributed by atoms with E-state index >= 15 is 4.39 Å². The van der Waals surface area contributed by atoms with Crippen molar-refractivity contribution in [3.8, 4) is 6.07 Å². The van der Waals surface area contributed by atoms with Gasteiger partial charge in [-0.05, 0) is 18.6 Å². The van der Waals surface area contributed by atoms with Gasteiger partial charge in [0, 0.05) is 19.7 Å². The van der Waals surface area contributed by atoms with Gasteiger partial charge in [-0.1, -0.05) is 0 Å². The third-order valence-corrected chi connectivity index (χ3v) is 5.25. The molecule has 3 rings (SSSR count). The quantitative estimate of drug-likeness (QED) is 0.509. The Balaban J connectivity index is 1.96. The van der Waals surface area contributed by atoms with E-state index in [-0.39, 0.29) is 30.0 Å². The molecule has 3 heterocycles. The maximum absolute atomic E-state index is 15.3. The number of halogens is 4. The van der Waals surface area contributed by atoms with E-state index in [1.165, 1.54) is 6.07 Å². The molecule has 0 spiro atoms. The van der Waals surface area contributed by atoms with Crippen molar-refractivity contribution in [3.63, 3.8) is 0 Å². The lowest BCUT2D eigenvalue weighted by molar-refractivity contribution is -0.159. The van der Waals surface area contributed by atoms with Crippen molar-refractivity contribution >= 4 is 23.3 Å². The summed E-state index contributed by atoms with van der Waals surface area (Å²) in [5.74, 6) is -6.91. The Morgan fingerprint density at radius 1 is 1.44 bits per heavy atom. The maximum atomic E-state index is 15.3. The van der Waals surface area contributed by atoms with Gasteiger partial charge in [0.25, 0.3) is 11.8 Å². The molecule has 170 valence electrons. The van der Waals surface area contributed by atoms with E-state index in [4.69, 9.17) is 5.73 Å². The Morgan fingerprint density at radius 2 is 2.16 bits per heavy atom. The fourth-order valence-electron chi connectivity index (χ4n) is 3.54. The lowest BCUT2D eigenvalue weighted by Gasteiger charge is -2.43. The Kier molecular flexibility index (Phi) is 6.07. The molecule has 1 aliphatic rings. The van der Waals surface area contributed by atoms with Crippen LogP contribution in [0.25, 0.3) is 0 Å². The molecule has 0 radical (unpaired) electrons. The van der Waals surface area contributed by atoms with Crippen molar-refractivity contribution in [2.45, 2.75) is 37.4 Å². The fraction of sp³-hybridized carbons (Fsp3) is 0.421. The number of carbonyl (C=O) groups excluding carboxylic acids is 2. The van der Waals surface area contributed by atoms with Crippen molar-refractivity contribution in [3.05, 3.63) is 36.0 Å². The minimum absolute atomic E-state index is 0.0889. The average Bonchev–Trinajstić information content (AvgIpc) is 3.14. The van der Waals surface area contributed by atoms with E-state index in [2.05, 4.69) is 15.4 Å². The third-order valence-electron chi connectivity index (χ3n) is 5.25. The maximum Gasteiger partial charge on any atom is 0.322 e. The Bertz CT molecular complexity index is 1060. The minimum atomic E-state index is -3.67. The summed E-state index contributed by atoms with van der Waals surface area (Å²) in [5, 5.41) is 16.2. The van der Waals surface area contributed by atoms with Crippen molar-refractivity contribution in [1.82, 2.24) is 19.7 Å². The van der Waals surface area contributed by atoms with Gasteiger partial charge in [0.2, 0.25) is 5.95 Å². The molecule has 0 bridgehead atoms. The van der Waals surface area contributed by atoms with Gasteiger partial charge in [-0.25, -0.2) is 9.37 Å². The first-order valence-electron chi connectivity index (χ1n) is 9.44. The number of nitrogens with one attached hydrogen (secondary N) is 1. The number of aromatic nitrogens is 3. The van der Waals surface area contributed by atoms with E-state index in [0.29, 0.717) is 11.8 Å². The normalized spacial score (nSPS) is 21.1. The molecule has 32 heavy (non-hydrogen) atoms. The summed E-state index contributed by atoms with van der Waals surface area (Å²) in [6.07, 6.45) is -0.269. The summed E-state index contributed by atoms with van der Waals surface area (Å²) >= 11 is 0. The summed E-state index contributed by atoms with van der Waals surface area (Å²) in [5.41, 5.74) is 3.89. The molecular formula is C19H19F4N7O2. The third kappa shape index (κ3) is 4.34. The van der Waals surface area contributed by atoms with Crippen molar-refractivity contribution in [1.29, 1.82) is 5.26 Å². The molecule has 13 heteroatoms. The Labute approximate surface area is 179 Å². The average molecular weight is 453 g/mol. The highest BCUT2D eigenvalue weighted by Gasteiger charge is 2.50. The molecule has 0 aromatic carbocycles. The zero-order valence-electron chi connectivity index (χ0n) is 16.9. The highest BCUT2D eigenvalue weighted by atomic mass is 19.3. The van der Waals surface area contributed by atoms with Crippen LogP contribution < -0.4 is 11.1 Å². The number of hydrogen-bond donors (Lipinski definition) is 2. The summed E-state index contributed by atoms with van der Waals surface area (Å²) < 4.78 is 56.2. The standard InChI is InChI=1S/C19H19F4N7O2/c1-18(22,23)17(32)29-7-5-19(4-6-24,13(20)10-29)30-9-12(15(25)31)16(28-30)27-11-2-3-14(21)26-8-11/h2-3,8-9,13H,4-5,7,10H2,1H3,(H2,25,31)(H,27,28)/t13-,19+/m0/s1. The predicted molar refractivity (Wildman–Crippen MR) is 103 cm³/mol. The number of likely N-dealkylation sites (tertiary alicyclic amines) is 1. The number of alkyl halides is 3. The van der Waals surface area contributed by atoms with Crippen molar-refractivity contribution in [2.24, 2.45) is 5.73 Å². The molecule has 0 saturated carbocycles. The second-order valence-electron chi connectivity index (χ2n) is 7.49. The Morgan fingerprint density at radius 3 is 2.69 bits per heavy atom. The van der Waals surface area contributed by atoms with E-state index < -0.39 is 48.4 Å². The SMILES string of the molecule is CC(F)(F)C(=O)N1CC[C@@](CC#N)(n2cc(C(N)=O)c(Nc3ccc(F)nc3)n2)[C@@H](F)C1. The number of hydrogen-bond acceptors (Lipinski definition) is 6. The highest BCUT2D eigenvalue weighted by molar-refractivity contribution is 5.98. The number of anilines is 2. The van der Waals surface area contributed by atoms with Gasteiger partial charge >= 0.3 is 5.92 Å². The lowest BCUT2D eigenvalue weighted by Crippen LogP contribution is -2.58. The van der Waals surface area contributed by atoms with E-state index in [9.17, 15) is 28.0 Å². The molecular weight excluding hydrogens is 434 g/mol. The van der Waals surface area contributed by atoms with Gasteiger partial charge in [0.15, 0.2) is 5.82 Å². The van der Waals surface area contributed by atoms with Crippen LogP contribution in [0, 0.1) is 17.3 Å². The van der Waals surface area contributed by atoms with Crippen molar-refractivity contribution < 1.29 is 27.2 Å². The van der Waals surface area contributed by atoms with Crippen LogP contribution in [-0.2, 0) is 10.3 Å². The van der Waals surface area contributed by atoms with Crippen LogP contribution in [0.5, 0.6) is 0 Å².